The Kier molecular flexibility index (Phi) is 8.27. The monoisotopic (exact) mass is 686 g/mol. The average Bonchev–Trinajstić information content (AvgIpc) is 3.42. The van der Waals surface area contributed by atoms with E-state index in [0.29, 0.717) is 0 Å². The van der Waals surface area contributed by atoms with Crippen LogP contribution in [-0.2, 0) is 31.1 Å². The first-order chi connectivity index (χ1) is 25.9. The molecule has 0 fully saturated rings. The van der Waals surface area contributed by atoms with Gasteiger partial charge < -0.3 is 9.80 Å². The molecule has 5 aliphatic carbocycles. The maximum atomic E-state index is 2.55. The van der Waals surface area contributed by atoms with Gasteiger partial charge in [0.1, 0.15) is 0 Å². The highest BCUT2D eigenvalue weighted by Gasteiger charge is 2.36. The minimum Gasteiger partial charge on any atom is -0.310 e. The van der Waals surface area contributed by atoms with Crippen molar-refractivity contribution < 1.29 is 0 Å². The summed E-state index contributed by atoms with van der Waals surface area (Å²) in [6.45, 7) is 9.45. The van der Waals surface area contributed by atoms with Crippen LogP contribution >= 0.6 is 0 Å². The molecule has 4 bridgehead atoms. The van der Waals surface area contributed by atoms with Gasteiger partial charge in [0.25, 0.3) is 0 Å². The van der Waals surface area contributed by atoms with Crippen molar-refractivity contribution >= 4 is 34.1 Å². The van der Waals surface area contributed by atoms with Crippen LogP contribution in [0.4, 0.5) is 34.1 Å². The molecule has 260 valence electrons. The number of para-hydroxylation sites is 3. The van der Waals surface area contributed by atoms with E-state index in [-0.39, 0.29) is 5.41 Å². The van der Waals surface area contributed by atoms with Crippen LogP contribution in [0.1, 0.15) is 58.4 Å². The topological polar surface area (TPSA) is 6.48 Å². The Hall–Kier alpha value is -5.86. The van der Waals surface area contributed by atoms with Crippen molar-refractivity contribution in [3.05, 3.63) is 202 Å². The minimum atomic E-state index is -0.0740. The number of anilines is 6. The molecular formula is C51H46N2. The van der Waals surface area contributed by atoms with E-state index in [2.05, 4.69) is 195 Å². The fourth-order valence-corrected chi connectivity index (χ4v) is 9.08. The van der Waals surface area contributed by atoms with E-state index in [0.717, 1.165) is 25.7 Å². The second kappa shape index (κ2) is 13.3. The van der Waals surface area contributed by atoms with Crippen molar-refractivity contribution in [2.24, 2.45) is 0 Å². The maximum absolute atomic E-state index is 2.55. The molecule has 0 spiro atoms. The number of hydrogen-bond acceptors (Lipinski definition) is 2. The lowest BCUT2D eigenvalue weighted by Crippen LogP contribution is -2.19. The number of benzene rings is 7. The van der Waals surface area contributed by atoms with Crippen molar-refractivity contribution in [1.29, 1.82) is 0 Å². The summed E-state index contributed by atoms with van der Waals surface area (Å²) in [4.78, 5) is 5.02. The van der Waals surface area contributed by atoms with E-state index < -0.39 is 0 Å². The third-order valence-corrected chi connectivity index (χ3v) is 11.9. The first-order valence-electron chi connectivity index (χ1n) is 19.1. The molecule has 0 saturated carbocycles. The van der Waals surface area contributed by atoms with E-state index in [1.165, 1.54) is 89.8 Å². The highest BCUT2D eigenvalue weighted by Crippen LogP contribution is 2.51. The largest absolute Gasteiger partial charge is 0.310 e. The van der Waals surface area contributed by atoms with Crippen molar-refractivity contribution in [2.45, 2.75) is 58.8 Å². The van der Waals surface area contributed by atoms with Crippen LogP contribution in [-0.4, -0.2) is 0 Å². The predicted octanol–water partition coefficient (Wildman–Crippen LogP) is 13.4. The quantitative estimate of drug-likeness (QED) is 0.172. The van der Waals surface area contributed by atoms with Gasteiger partial charge in [0.15, 0.2) is 0 Å². The zero-order valence-electron chi connectivity index (χ0n) is 31.2. The van der Waals surface area contributed by atoms with E-state index >= 15 is 0 Å². The van der Waals surface area contributed by atoms with Gasteiger partial charge in [0.2, 0.25) is 0 Å². The summed E-state index contributed by atoms with van der Waals surface area (Å²) in [5, 5.41) is 0. The standard InChI is InChI=1S/C51H46N2/c1-35-37-24-28-39(49(35)52(41-16-8-5-9-17-41)42-18-10-6-11-19-42)29-25-38-27-31-40(30-26-37)50(36(38)2)53(43-20-12-7-13-21-43)44-32-33-46-45-22-14-15-23-47(45)51(3,4)48(46)34-44/h5-24,27-28,31-34H,25-26,29-30H2,1-4H3. The molecule has 7 aromatic rings. The summed E-state index contributed by atoms with van der Waals surface area (Å²) >= 11 is 0. The van der Waals surface area contributed by atoms with Gasteiger partial charge in [-0.2, -0.15) is 0 Å². The summed E-state index contributed by atoms with van der Waals surface area (Å²) in [5.41, 5.74) is 21.2. The molecule has 0 aliphatic heterocycles. The summed E-state index contributed by atoms with van der Waals surface area (Å²) in [5.74, 6) is 0. The molecule has 12 rings (SSSR count). The van der Waals surface area contributed by atoms with Crippen LogP contribution in [0.2, 0.25) is 0 Å². The average molecular weight is 687 g/mol. The summed E-state index contributed by atoms with van der Waals surface area (Å²) < 4.78 is 0. The number of hydrogen-bond donors (Lipinski definition) is 0. The van der Waals surface area contributed by atoms with Crippen molar-refractivity contribution in [3.8, 4) is 11.1 Å². The normalized spacial score (nSPS) is 13.9. The van der Waals surface area contributed by atoms with Crippen molar-refractivity contribution in [1.82, 2.24) is 0 Å². The first-order valence-corrected chi connectivity index (χ1v) is 19.1. The lowest BCUT2D eigenvalue weighted by Gasteiger charge is -2.33. The van der Waals surface area contributed by atoms with Gasteiger partial charge in [-0.15, -0.1) is 0 Å². The molecule has 0 N–H and O–H groups in total. The molecular weight excluding hydrogens is 641 g/mol. The molecule has 5 aliphatic rings. The van der Waals surface area contributed by atoms with Gasteiger partial charge in [-0.3, -0.25) is 0 Å². The number of aryl methyl sites for hydroxylation is 4. The van der Waals surface area contributed by atoms with E-state index in [9.17, 15) is 0 Å². The van der Waals surface area contributed by atoms with Gasteiger partial charge in [0.05, 0.1) is 11.4 Å². The Morgan fingerprint density at radius 2 is 0.774 bits per heavy atom. The molecule has 0 saturated heterocycles. The Balaban J connectivity index is 1.18. The van der Waals surface area contributed by atoms with Gasteiger partial charge >= 0.3 is 0 Å². The van der Waals surface area contributed by atoms with E-state index in [1.807, 2.05) is 0 Å². The number of rotatable bonds is 6. The van der Waals surface area contributed by atoms with Gasteiger partial charge in [0, 0.05) is 28.2 Å². The van der Waals surface area contributed by atoms with Crippen LogP contribution in [0.25, 0.3) is 11.1 Å². The zero-order chi connectivity index (χ0) is 36.1. The molecule has 0 heterocycles. The van der Waals surface area contributed by atoms with Crippen molar-refractivity contribution in [3.63, 3.8) is 0 Å². The molecule has 2 heteroatoms. The Labute approximate surface area is 315 Å². The second-order valence-corrected chi connectivity index (χ2v) is 15.3. The molecule has 0 aromatic heterocycles. The Morgan fingerprint density at radius 1 is 0.377 bits per heavy atom. The molecule has 0 unspecified atom stereocenters. The molecule has 7 aromatic carbocycles. The third kappa shape index (κ3) is 5.65. The van der Waals surface area contributed by atoms with Gasteiger partial charge in [-0.05, 0) is 144 Å². The maximum Gasteiger partial charge on any atom is 0.0525 e. The number of nitrogens with zero attached hydrogens (tertiary/aromatic N) is 2. The summed E-state index contributed by atoms with van der Waals surface area (Å²) in [6, 6.07) is 58.5. The first kappa shape index (κ1) is 33.0. The van der Waals surface area contributed by atoms with Gasteiger partial charge in [-0.1, -0.05) is 123 Å². The molecule has 0 radical (unpaired) electrons. The van der Waals surface area contributed by atoms with Crippen LogP contribution in [0.15, 0.2) is 158 Å². The molecule has 53 heavy (non-hydrogen) atoms. The highest BCUT2D eigenvalue weighted by atomic mass is 15.2. The second-order valence-electron chi connectivity index (χ2n) is 15.3. The van der Waals surface area contributed by atoms with Crippen LogP contribution < -0.4 is 9.80 Å². The van der Waals surface area contributed by atoms with Crippen LogP contribution in [0.3, 0.4) is 0 Å². The number of fused-ring (bicyclic) bond motifs is 3. The lowest BCUT2D eigenvalue weighted by atomic mass is 9.82. The summed E-state index contributed by atoms with van der Waals surface area (Å²) in [7, 11) is 0. The molecule has 2 nitrogen and oxygen atoms in total. The fraction of sp³-hybridized carbons (Fsp3) is 0.176. The Morgan fingerprint density at radius 3 is 1.28 bits per heavy atom. The Bertz CT molecular complexity index is 2400. The van der Waals surface area contributed by atoms with Gasteiger partial charge in [-0.25, -0.2) is 0 Å². The SMILES string of the molecule is Cc1c2ccc(c1N(c1ccccc1)c1ccccc1)CCc1ccc(c(N(c3ccccc3)c3ccc4c(c3)C(C)(C)c3ccccc3-4)c1C)CC2. The van der Waals surface area contributed by atoms with E-state index in [4.69, 9.17) is 0 Å². The highest BCUT2D eigenvalue weighted by molar-refractivity contribution is 5.87. The lowest BCUT2D eigenvalue weighted by molar-refractivity contribution is 0.660. The van der Waals surface area contributed by atoms with Crippen LogP contribution in [0, 0.1) is 13.8 Å². The molecule has 0 atom stereocenters. The zero-order valence-corrected chi connectivity index (χ0v) is 31.2. The van der Waals surface area contributed by atoms with Crippen molar-refractivity contribution in [2.75, 3.05) is 9.80 Å². The fourth-order valence-electron chi connectivity index (χ4n) is 9.08. The minimum absolute atomic E-state index is 0.0740. The molecule has 0 amide bonds. The predicted molar refractivity (Wildman–Crippen MR) is 224 cm³/mol. The smallest absolute Gasteiger partial charge is 0.0525 e. The third-order valence-electron chi connectivity index (χ3n) is 11.9. The van der Waals surface area contributed by atoms with E-state index in [1.54, 1.807) is 0 Å². The summed E-state index contributed by atoms with van der Waals surface area (Å²) in [6.07, 6.45) is 3.80. The van der Waals surface area contributed by atoms with Crippen LogP contribution in [0.5, 0.6) is 0 Å².